The van der Waals surface area contributed by atoms with Gasteiger partial charge in [0.15, 0.2) is 41.0 Å². The number of allylic oxidation sites excluding steroid dienone is 4. The molecule has 0 amide bonds. The van der Waals surface area contributed by atoms with Gasteiger partial charge in [-0.2, -0.15) is 0 Å². The zero-order valence-electron chi connectivity index (χ0n) is 41.4. The van der Waals surface area contributed by atoms with Crippen LogP contribution in [0.5, 0.6) is 0 Å². The third kappa shape index (κ3) is 9.72. The van der Waals surface area contributed by atoms with Gasteiger partial charge in [0, 0.05) is 11.5 Å². The highest BCUT2D eigenvalue weighted by Crippen LogP contribution is 2.60. The molecule has 0 bridgehead atoms. The van der Waals surface area contributed by atoms with E-state index < -0.39 is 89.1 Å². The molecule has 7 aromatic rings. The topological polar surface area (TPSA) is 0 Å². The maximum atomic E-state index is 17.4. The second-order valence-corrected chi connectivity index (χ2v) is 21.6. The van der Waals surface area contributed by atoms with Gasteiger partial charge in [-0.3, -0.25) is 5.82 Å². The number of hydrogen-bond donors (Lipinski definition) is 0. The number of rotatable bonds is 7. The molecule has 0 nitrogen and oxygen atoms in total. The minimum Gasteiger partial charge on any atom is -0.291 e. The molecule has 0 radical (unpaired) electrons. The molecule has 0 unspecified atom stereocenters. The standard InChI is InChI=1S/C54H43BF10P.C7H8/c1-28-23-30(3)52(31(4)24-28)66(53-32(5)25-29(2)26-33(53)6)54-37-20-14-13-19-36(37)38(35-17-11-8-12-18-35)27-39(54)55(22-21-34-15-9-7-10-16-34,40-42(56)46(60)50(64)47(61)43(40)57)41-44(58)48(62)51(65)49(63)45(41)59;1-7-5-3-2-4-6-7/h7-12,15-18,23-27,36,38H,13-14,19-20H2,1-6H3;2-6H,1H3/q-1;/p+1/t36-,38-;/m1./s1. The highest BCUT2D eigenvalue weighted by molar-refractivity contribution is 7.77. The summed E-state index contributed by atoms with van der Waals surface area (Å²) in [5, 5.41) is 1.84. The van der Waals surface area contributed by atoms with Gasteiger partial charge in [-0.15, -0.1) is 28.4 Å². The summed E-state index contributed by atoms with van der Waals surface area (Å²) in [4.78, 5) is 0. The van der Waals surface area contributed by atoms with Crippen molar-refractivity contribution in [1.29, 1.82) is 0 Å². The Balaban J connectivity index is 0.000000936. The summed E-state index contributed by atoms with van der Waals surface area (Å²) in [5.41, 5.74) is 3.63. The van der Waals surface area contributed by atoms with Crippen molar-refractivity contribution >= 4 is 35.6 Å². The lowest BCUT2D eigenvalue weighted by Gasteiger charge is -2.47. The molecule has 0 heterocycles. The Kier molecular flexibility index (Phi) is 15.5. The van der Waals surface area contributed by atoms with Gasteiger partial charge in [-0.05, 0) is 119 Å². The largest absolute Gasteiger partial charge is 0.291 e. The van der Waals surface area contributed by atoms with E-state index in [-0.39, 0.29) is 17.0 Å². The maximum Gasteiger partial charge on any atom is 0.200 e. The molecule has 7 aromatic carbocycles. The SMILES string of the molecule is Cc1cc(C)c([PH+](C2=C3CCCC[C@H]3[C@@H](c3ccccc3)C=C2[B-](C#Cc2ccccc2)(c2c(F)c(F)c(F)c(F)c2F)c2c(F)c(F)c(F)c(F)c2F)c2c(C)cc(C)cc2C)c(C)c1.Cc1ccccc1. The summed E-state index contributed by atoms with van der Waals surface area (Å²) in [5.74, 6) is -21.0. The number of hydrogen-bond acceptors (Lipinski definition) is 0. The molecule has 2 aliphatic rings. The number of aryl methyl sites for hydroxylation is 7. The van der Waals surface area contributed by atoms with E-state index in [2.05, 4.69) is 30.8 Å². The average molecular weight is 1020 g/mol. The fourth-order valence-corrected chi connectivity index (χ4v) is 15.3. The van der Waals surface area contributed by atoms with Crippen LogP contribution < -0.4 is 21.5 Å². The van der Waals surface area contributed by atoms with Crippen molar-refractivity contribution in [2.24, 2.45) is 5.92 Å². The third-order valence-corrected chi connectivity index (χ3v) is 18.0. The molecular formula is C61H52BF10P. The Hall–Kier alpha value is -6.63. The lowest BCUT2D eigenvalue weighted by molar-refractivity contribution is 0.381. The second-order valence-electron chi connectivity index (χ2n) is 19.4. The number of halogens is 10. The van der Waals surface area contributed by atoms with Crippen LogP contribution in [0.2, 0.25) is 0 Å². The lowest BCUT2D eigenvalue weighted by atomic mass is 9.14. The summed E-state index contributed by atoms with van der Waals surface area (Å²) >= 11 is 0. The number of benzene rings is 7. The Labute approximate surface area is 421 Å². The first-order valence-electron chi connectivity index (χ1n) is 24.1. The summed E-state index contributed by atoms with van der Waals surface area (Å²) in [6, 6.07) is 34.4. The van der Waals surface area contributed by atoms with Crippen molar-refractivity contribution in [3.63, 3.8) is 0 Å². The van der Waals surface area contributed by atoms with E-state index in [0.29, 0.717) is 35.7 Å². The van der Waals surface area contributed by atoms with Crippen molar-refractivity contribution in [3.8, 4) is 11.7 Å². The van der Waals surface area contributed by atoms with Crippen LogP contribution in [0, 0.1) is 124 Å². The van der Waals surface area contributed by atoms with Crippen LogP contribution in [0.3, 0.4) is 0 Å². The average Bonchev–Trinajstić information content (AvgIpc) is 3.37. The van der Waals surface area contributed by atoms with Gasteiger partial charge >= 0.3 is 0 Å². The molecule has 0 saturated heterocycles. The predicted molar refractivity (Wildman–Crippen MR) is 277 cm³/mol. The Morgan fingerprint density at radius 2 is 0.863 bits per heavy atom. The van der Waals surface area contributed by atoms with E-state index in [1.165, 1.54) is 35.9 Å². The van der Waals surface area contributed by atoms with Crippen molar-refractivity contribution in [2.75, 3.05) is 0 Å². The third-order valence-electron chi connectivity index (χ3n) is 14.3. The van der Waals surface area contributed by atoms with Crippen LogP contribution in [-0.2, 0) is 0 Å². The first-order valence-corrected chi connectivity index (χ1v) is 25.6. The van der Waals surface area contributed by atoms with E-state index in [1.807, 2.05) is 84.0 Å². The first kappa shape index (κ1) is 52.7. The molecule has 2 atom stereocenters. The molecule has 0 aromatic heterocycles. The van der Waals surface area contributed by atoms with Crippen LogP contribution in [0.15, 0.2) is 138 Å². The van der Waals surface area contributed by atoms with Gasteiger partial charge in [0.2, 0.25) is 0 Å². The van der Waals surface area contributed by atoms with Crippen LogP contribution in [0.25, 0.3) is 0 Å². The smallest absolute Gasteiger partial charge is 0.200 e. The summed E-state index contributed by atoms with van der Waals surface area (Å²) in [7, 11) is -2.71. The monoisotopic (exact) mass is 1020 g/mol. The zero-order chi connectivity index (χ0) is 52.6. The predicted octanol–water partition coefficient (Wildman–Crippen LogP) is 14.6. The van der Waals surface area contributed by atoms with Gasteiger partial charge in [0.05, 0.1) is 13.2 Å². The molecule has 0 N–H and O–H groups in total. The Morgan fingerprint density at radius 1 is 0.466 bits per heavy atom. The highest BCUT2D eigenvalue weighted by atomic mass is 31.1. The van der Waals surface area contributed by atoms with E-state index in [0.717, 1.165) is 50.4 Å². The molecule has 9 rings (SSSR count). The fraction of sp³-hybridized carbons (Fsp3) is 0.213. The fourth-order valence-electron chi connectivity index (χ4n) is 11.4. The molecule has 2 aliphatic carbocycles. The van der Waals surface area contributed by atoms with Crippen molar-refractivity contribution in [1.82, 2.24) is 0 Å². The van der Waals surface area contributed by atoms with Crippen LogP contribution in [0.4, 0.5) is 43.9 Å². The van der Waals surface area contributed by atoms with Gasteiger partial charge < -0.3 is 0 Å². The first-order chi connectivity index (χ1) is 34.8. The minimum absolute atomic E-state index is 0.0539. The molecule has 12 heteroatoms. The summed E-state index contributed by atoms with van der Waals surface area (Å²) in [6.45, 7) is 13.5. The van der Waals surface area contributed by atoms with E-state index >= 15 is 43.9 Å². The Bertz CT molecular complexity index is 3160. The highest BCUT2D eigenvalue weighted by Gasteiger charge is 2.52. The van der Waals surface area contributed by atoms with Crippen molar-refractivity contribution in [2.45, 2.75) is 80.1 Å². The quantitative estimate of drug-likeness (QED) is 0.0373. The molecule has 73 heavy (non-hydrogen) atoms. The van der Waals surface area contributed by atoms with Crippen LogP contribution >= 0.6 is 7.92 Å². The lowest BCUT2D eigenvalue weighted by Crippen LogP contribution is -2.66. The summed E-state index contributed by atoms with van der Waals surface area (Å²) in [6.07, 6.45) is -1.08. The molecule has 1 fully saturated rings. The molecule has 0 aliphatic heterocycles. The van der Waals surface area contributed by atoms with Gasteiger partial charge in [0.25, 0.3) is 0 Å². The minimum atomic E-state index is -4.80. The Morgan fingerprint density at radius 3 is 1.27 bits per heavy atom. The van der Waals surface area contributed by atoms with Crippen molar-refractivity contribution in [3.05, 3.63) is 246 Å². The molecule has 374 valence electrons. The normalized spacial score (nSPS) is 15.6. The van der Waals surface area contributed by atoms with Gasteiger partial charge in [-0.25, -0.2) is 43.9 Å². The molecule has 1 saturated carbocycles. The maximum absolute atomic E-state index is 17.4. The van der Waals surface area contributed by atoms with Crippen LogP contribution in [0.1, 0.15) is 81.7 Å². The zero-order valence-corrected chi connectivity index (χ0v) is 42.4. The van der Waals surface area contributed by atoms with Gasteiger partial charge in [0.1, 0.15) is 33.9 Å². The van der Waals surface area contributed by atoms with E-state index in [1.54, 1.807) is 36.4 Å². The second kappa shape index (κ2) is 21.5. The van der Waals surface area contributed by atoms with E-state index in [4.69, 9.17) is 0 Å². The van der Waals surface area contributed by atoms with Gasteiger partial charge in [-0.1, -0.05) is 126 Å². The molecular weight excluding hydrogens is 964 g/mol. The van der Waals surface area contributed by atoms with Crippen molar-refractivity contribution < 1.29 is 43.9 Å². The summed E-state index contributed by atoms with van der Waals surface area (Å²) < 4.78 is 164. The number of fused-ring (bicyclic) bond motifs is 1. The van der Waals surface area contributed by atoms with E-state index in [9.17, 15) is 0 Å². The van der Waals surface area contributed by atoms with Crippen LogP contribution in [-0.4, -0.2) is 6.15 Å². The molecule has 0 spiro atoms.